The van der Waals surface area contributed by atoms with Gasteiger partial charge in [0.05, 0.1) is 0 Å². The van der Waals surface area contributed by atoms with Crippen LogP contribution in [0.2, 0.25) is 0 Å². The molecule has 0 atom stereocenters. The number of pyridine rings is 1. The van der Waals surface area contributed by atoms with E-state index in [1.807, 2.05) is 23.9 Å². The van der Waals surface area contributed by atoms with Crippen LogP contribution in [0.1, 0.15) is 31.0 Å². The van der Waals surface area contributed by atoms with E-state index in [1.165, 1.54) is 12.8 Å². The molecule has 1 aromatic heterocycles. The average molecular weight is 223 g/mol. The molecule has 0 amide bonds. The molecule has 0 aromatic carbocycles. The highest BCUT2D eigenvalue weighted by molar-refractivity contribution is 7.98. The number of nitrogens with zero attached hydrogens (tertiary/aromatic N) is 1. The maximum atomic E-state index is 7.40. The largest absolute Gasteiger partial charge is 0.382 e. The Morgan fingerprint density at radius 3 is 3.07 bits per heavy atom. The lowest BCUT2D eigenvalue weighted by Crippen LogP contribution is -2.15. The first-order valence-corrected chi connectivity index (χ1v) is 6.27. The summed E-state index contributed by atoms with van der Waals surface area (Å²) in [6, 6.07) is 3.88. The van der Waals surface area contributed by atoms with E-state index in [0.717, 1.165) is 17.1 Å². The van der Waals surface area contributed by atoms with Gasteiger partial charge in [-0.15, -0.1) is 0 Å². The summed E-state index contributed by atoms with van der Waals surface area (Å²) in [7, 11) is 0. The number of nitrogens with one attached hydrogen (secondary N) is 1. The van der Waals surface area contributed by atoms with E-state index in [1.54, 1.807) is 6.20 Å². The van der Waals surface area contributed by atoms with Gasteiger partial charge in [-0.05, 0) is 23.8 Å². The molecule has 0 aliphatic carbocycles. The number of unbranched alkanes of at least 4 members (excludes halogenated alkanes) is 1. The summed E-state index contributed by atoms with van der Waals surface area (Å²) in [6.45, 7) is 2.19. The predicted octanol–water partition coefficient (Wildman–Crippen LogP) is 2.40. The monoisotopic (exact) mass is 223 g/mol. The SMILES string of the molecule is CCCCSCc1cccnc1C(=N)N. The molecular weight excluding hydrogens is 206 g/mol. The Kier molecular flexibility index (Phi) is 5.18. The van der Waals surface area contributed by atoms with Crippen LogP contribution in [0.4, 0.5) is 0 Å². The molecule has 1 heterocycles. The zero-order chi connectivity index (χ0) is 11.1. The summed E-state index contributed by atoms with van der Waals surface area (Å²) >= 11 is 1.87. The molecule has 1 rings (SSSR count). The molecule has 0 aliphatic rings. The molecule has 3 N–H and O–H groups in total. The fourth-order valence-corrected chi connectivity index (χ4v) is 2.32. The minimum absolute atomic E-state index is 0.0571. The summed E-state index contributed by atoms with van der Waals surface area (Å²) in [5.74, 6) is 2.10. The lowest BCUT2D eigenvalue weighted by molar-refractivity contribution is 0.896. The fraction of sp³-hybridized carbons (Fsp3) is 0.455. The van der Waals surface area contributed by atoms with Crippen LogP contribution in [0.15, 0.2) is 18.3 Å². The lowest BCUT2D eigenvalue weighted by Gasteiger charge is -2.06. The maximum absolute atomic E-state index is 7.40. The van der Waals surface area contributed by atoms with E-state index in [9.17, 15) is 0 Å². The summed E-state index contributed by atoms with van der Waals surface area (Å²) in [5, 5.41) is 7.40. The quantitative estimate of drug-likeness (QED) is 0.442. The van der Waals surface area contributed by atoms with E-state index in [-0.39, 0.29) is 5.84 Å². The van der Waals surface area contributed by atoms with Gasteiger partial charge in [0.15, 0.2) is 0 Å². The summed E-state index contributed by atoms with van der Waals surface area (Å²) < 4.78 is 0. The van der Waals surface area contributed by atoms with Crippen LogP contribution < -0.4 is 5.73 Å². The van der Waals surface area contributed by atoms with Gasteiger partial charge in [-0.2, -0.15) is 11.8 Å². The standard InChI is InChI=1S/C11H17N3S/c1-2-3-7-15-8-9-5-4-6-14-10(9)11(12)13/h4-6H,2-3,7-8H2,1H3,(H3,12,13). The molecule has 0 bridgehead atoms. The molecule has 0 saturated heterocycles. The van der Waals surface area contributed by atoms with Crippen LogP contribution in [-0.2, 0) is 5.75 Å². The fourth-order valence-electron chi connectivity index (χ4n) is 1.23. The van der Waals surface area contributed by atoms with Crippen molar-refractivity contribution in [3.05, 3.63) is 29.6 Å². The predicted molar refractivity (Wildman–Crippen MR) is 66.3 cm³/mol. The number of rotatable bonds is 6. The van der Waals surface area contributed by atoms with E-state index in [4.69, 9.17) is 11.1 Å². The minimum Gasteiger partial charge on any atom is -0.382 e. The van der Waals surface area contributed by atoms with E-state index in [2.05, 4.69) is 11.9 Å². The molecule has 82 valence electrons. The van der Waals surface area contributed by atoms with Crippen molar-refractivity contribution in [2.45, 2.75) is 25.5 Å². The van der Waals surface area contributed by atoms with Crippen molar-refractivity contribution < 1.29 is 0 Å². The lowest BCUT2D eigenvalue weighted by atomic mass is 10.2. The third kappa shape index (κ3) is 3.91. The van der Waals surface area contributed by atoms with Crippen LogP contribution >= 0.6 is 11.8 Å². The number of nitrogens with two attached hydrogens (primary N) is 1. The second kappa shape index (κ2) is 6.45. The van der Waals surface area contributed by atoms with Crippen molar-refractivity contribution in [2.24, 2.45) is 5.73 Å². The summed E-state index contributed by atoms with van der Waals surface area (Å²) in [4.78, 5) is 4.11. The molecule has 0 spiro atoms. The van der Waals surface area contributed by atoms with Gasteiger partial charge in [0.25, 0.3) is 0 Å². The molecule has 0 saturated carbocycles. The maximum Gasteiger partial charge on any atom is 0.142 e. The zero-order valence-corrected chi connectivity index (χ0v) is 9.81. The van der Waals surface area contributed by atoms with Gasteiger partial charge in [0.2, 0.25) is 0 Å². The number of thioether (sulfide) groups is 1. The summed E-state index contributed by atoms with van der Waals surface area (Å²) in [5.41, 5.74) is 7.14. The van der Waals surface area contributed by atoms with Gasteiger partial charge in [-0.1, -0.05) is 19.4 Å². The first kappa shape index (κ1) is 12.0. The number of nitrogen functional groups attached to an aromatic ring is 1. The highest BCUT2D eigenvalue weighted by Gasteiger charge is 2.05. The number of aromatic nitrogens is 1. The molecule has 0 unspecified atom stereocenters. The minimum atomic E-state index is 0.0571. The van der Waals surface area contributed by atoms with E-state index < -0.39 is 0 Å². The number of amidine groups is 1. The third-order valence-electron chi connectivity index (χ3n) is 2.05. The van der Waals surface area contributed by atoms with E-state index >= 15 is 0 Å². The molecule has 1 aromatic rings. The molecule has 4 heteroatoms. The normalized spacial score (nSPS) is 10.2. The van der Waals surface area contributed by atoms with Crippen molar-refractivity contribution in [1.29, 1.82) is 5.41 Å². The van der Waals surface area contributed by atoms with E-state index in [0.29, 0.717) is 5.69 Å². The van der Waals surface area contributed by atoms with Gasteiger partial charge in [-0.3, -0.25) is 10.4 Å². The van der Waals surface area contributed by atoms with Gasteiger partial charge in [-0.25, -0.2) is 0 Å². The van der Waals surface area contributed by atoms with Crippen LogP contribution in [0.3, 0.4) is 0 Å². The van der Waals surface area contributed by atoms with Gasteiger partial charge < -0.3 is 5.73 Å². The van der Waals surface area contributed by atoms with Gasteiger partial charge in [0, 0.05) is 11.9 Å². The van der Waals surface area contributed by atoms with Crippen LogP contribution in [0, 0.1) is 5.41 Å². The molecular formula is C11H17N3S. The first-order chi connectivity index (χ1) is 7.25. The Morgan fingerprint density at radius 1 is 1.60 bits per heavy atom. The second-order valence-corrected chi connectivity index (χ2v) is 4.44. The smallest absolute Gasteiger partial charge is 0.142 e. The Bertz CT molecular complexity index is 325. The first-order valence-electron chi connectivity index (χ1n) is 5.11. The molecule has 0 radical (unpaired) electrons. The van der Waals surface area contributed by atoms with Crippen LogP contribution in [0.25, 0.3) is 0 Å². The van der Waals surface area contributed by atoms with Crippen molar-refractivity contribution in [2.75, 3.05) is 5.75 Å². The van der Waals surface area contributed by atoms with Crippen LogP contribution in [-0.4, -0.2) is 16.6 Å². The average Bonchev–Trinajstić information content (AvgIpc) is 2.25. The van der Waals surface area contributed by atoms with Crippen LogP contribution in [0.5, 0.6) is 0 Å². The van der Waals surface area contributed by atoms with Gasteiger partial charge >= 0.3 is 0 Å². The van der Waals surface area contributed by atoms with Crippen molar-refractivity contribution in [3.8, 4) is 0 Å². The van der Waals surface area contributed by atoms with Crippen molar-refractivity contribution in [3.63, 3.8) is 0 Å². The summed E-state index contributed by atoms with van der Waals surface area (Å²) in [6.07, 6.45) is 4.14. The Balaban J connectivity index is 2.56. The number of hydrogen-bond acceptors (Lipinski definition) is 3. The highest BCUT2D eigenvalue weighted by atomic mass is 32.2. The topological polar surface area (TPSA) is 62.8 Å². The molecule has 0 aliphatic heterocycles. The third-order valence-corrected chi connectivity index (χ3v) is 3.14. The Labute approximate surface area is 95.0 Å². The molecule has 15 heavy (non-hydrogen) atoms. The number of hydrogen-bond donors (Lipinski definition) is 2. The Morgan fingerprint density at radius 2 is 2.40 bits per heavy atom. The van der Waals surface area contributed by atoms with Crippen molar-refractivity contribution >= 4 is 17.6 Å². The molecule has 3 nitrogen and oxygen atoms in total. The highest BCUT2D eigenvalue weighted by Crippen LogP contribution is 2.15. The van der Waals surface area contributed by atoms with Gasteiger partial charge in [0.1, 0.15) is 11.5 Å². The van der Waals surface area contributed by atoms with Crippen molar-refractivity contribution in [1.82, 2.24) is 4.98 Å². The second-order valence-electron chi connectivity index (χ2n) is 3.33. The Hall–Kier alpha value is -1.03. The molecule has 0 fully saturated rings. The zero-order valence-electron chi connectivity index (χ0n) is 8.99.